The molecule has 7 heteroatoms. The number of carbonyl (C=O) groups excluding carboxylic acids is 1. The van der Waals surface area contributed by atoms with Gasteiger partial charge in [0.15, 0.2) is 29.6 Å². The number of benzene rings is 2. The largest absolute Gasteiger partial charge is 0.493 e. The van der Waals surface area contributed by atoms with Gasteiger partial charge in [-0.05, 0) is 76.1 Å². The second-order valence-electron chi connectivity index (χ2n) is 8.42. The van der Waals surface area contributed by atoms with Crippen LogP contribution in [0, 0.1) is 0 Å². The maximum atomic E-state index is 12.0. The quantitative estimate of drug-likeness (QED) is 0.486. The fraction of sp³-hybridized carbons (Fsp3) is 0.480. The monoisotopic (exact) mass is 444 g/mol. The first-order chi connectivity index (χ1) is 15.3. The van der Waals surface area contributed by atoms with E-state index in [2.05, 4.69) is 10.6 Å². The molecule has 2 aromatic carbocycles. The zero-order valence-electron chi connectivity index (χ0n) is 20.0. The predicted molar refractivity (Wildman–Crippen MR) is 126 cm³/mol. The summed E-state index contributed by atoms with van der Waals surface area (Å²) in [5.74, 6) is 2.49. The van der Waals surface area contributed by atoms with Crippen molar-refractivity contribution in [2.75, 3.05) is 34.0 Å². The van der Waals surface area contributed by atoms with Crippen LogP contribution in [-0.2, 0) is 17.8 Å². The van der Waals surface area contributed by atoms with E-state index in [-0.39, 0.29) is 18.1 Å². The van der Waals surface area contributed by atoms with Crippen LogP contribution < -0.4 is 29.6 Å². The van der Waals surface area contributed by atoms with Crippen LogP contribution in [0.25, 0.3) is 0 Å². The lowest BCUT2D eigenvalue weighted by atomic mass is 10.1. The third-order valence-corrected chi connectivity index (χ3v) is 4.55. The number of carbonyl (C=O) groups is 1. The summed E-state index contributed by atoms with van der Waals surface area (Å²) in [4.78, 5) is 12.0. The molecule has 0 aliphatic heterocycles. The molecule has 2 aromatic rings. The highest BCUT2D eigenvalue weighted by molar-refractivity contribution is 5.78. The Hall–Kier alpha value is -2.93. The summed E-state index contributed by atoms with van der Waals surface area (Å²) in [5.41, 5.74) is 1.95. The Kier molecular flexibility index (Phi) is 9.65. The molecule has 0 bridgehead atoms. The molecule has 2 N–H and O–H groups in total. The molecule has 0 saturated carbocycles. The van der Waals surface area contributed by atoms with Gasteiger partial charge in [0, 0.05) is 12.1 Å². The normalized spacial score (nSPS) is 11.1. The van der Waals surface area contributed by atoms with Gasteiger partial charge in [-0.1, -0.05) is 12.1 Å². The maximum absolute atomic E-state index is 12.0. The second kappa shape index (κ2) is 12.2. The van der Waals surface area contributed by atoms with Crippen LogP contribution >= 0.6 is 0 Å². The van der Waals surface area contributed by atoms with E-state index in [0.29, 0.717) is 24.7 Å². The predicted octanol–water partition coefficient (Wildman–Crippen LogP) is 3.73. The first kappa shape index (κ1) is 25.3. The standard InChI is InChI=1S/C25H36N2O5/c1-7-31-23-15-19(9-11-21(23)32-17-24(28)27-25(2,3)4)16-26-13-12-18-8-10-20(29-5)22(14-18)30-6/h8-11,14-15,26H,7,12-13,16-17H2,1-6H3,(H,27,28). The molecule has 0 spiro atoms. The fourth-order valence-corrected chi connectivity index (χ4v) is 3.15. The zero-order chi connectivity index (χ0) is 23.6. The number of nitrogens with one attached hydrogen (secondary N) is 2. The van der Waals surface area contributed by atoms with Crippen molar-refractivity contribution in [1.82, 2.24) is 10.6 Å². The molecule has 0 fully saturated rings. The fourth-order valence-electron chi connectivity index (χ4n) is 3.15. The smallest absolute Gasteiger partial charge is 0.258 e. The molecule has 0 heterocycles. The summed E-state index contributed by atoms with van der Waals surface area (Å²) in [6.45, 7) is 9.68. The van der Waals surface area contributed by atoms with Crippen LogP contribution in [-0.4, -0.2) is 45.4 Å². The topological polar surface area (TPSA) is 78.1 Å². The van der Waals surface area contributed by atoms with Gasteiger partial charge in [0.1, 0.15) is 0 Å². The first-order valence-electron chi connectivity index (χ1n) is 10.9. The Morgan fingerprint density at radius 2 is 1.53 bits per heavy atom. The van der Waals surface area contributed by atoms with E-state index >= 15 is 0 Å². The van der Waals surface area contributed by atoms with Crippen LogP contribution in [0.1, 0.15) is 38.8 Å². The molecular weight excluding hydrogens is 408 g/mol. The van der Waals surface area contributed by atoms with Gasteiger partial charge in [-0.25, -0.2) is 0 Å². The van der Waals surface area contributed by atoms with E-state index < -0.39 is 0 Å². The van der Waals surface area contributed by atoms with Crippen molar-refractivity contribution in [3.05, 3.63) is 47.5 Å². The first-order valence-corrected chi connectivity index (χ1v) is 10.9. The lowest BCUT2D eigenvalue weighted by Gasteiger charge is -2.21. The molecule has 1 amide bonds. The number of methoxy groups -OCH3 is 2. The van der Waals surface area contributed by atoms with Gasteiger partial charge in [0.25, 0.3) is 5.91 Å². The number of rotatable bonds is 12. The van der Waals surface area contributed by atoms with Crippen molar-refractivity contribution in [3.8, 4) is 23.0 Å². The number of ether oxygens (including phenoxy) is 4. The highest BCUT2D eigenvalue weighted by Crippen LogP contribution is 2.29. The van der Waals surface area contributed by atoms with Gasteiger partial charge in [-0.2, -0.15) is 0 Å². The molecule has 0 radical (unpaired) electrons. The minimum atomic E-state index is -0.296. The molecular formula is C25H36N2O5. The summed E-state index contributed by atoms with van der Waals surface area (Å²) in [6, 6.07) is 11.7. The highest BCUT2D eigenvalue weighted by atomic mass is 16.5. The Labute approximate surface area is 191 Å². The third kappa shape index (κ3) is 8.30. The van der Waals surface area contributed by atoms with Gasteiger partial charge in [0.05, 0.1) is 20.8 Å². The van der Waals surface area contributed by atoms with Crippen molar-refractivity contribution >= 4 is 5.91 Å². The summed E-state index contributed by atoms with van der Waals surface area (Å²) in [6.07, 6.45) is 0.864. The van der Waals surface area contributed by atoms with Crippen LogP contribution in [0.5, 0.6) is 23.0 Å². The van der Waals surface area contributed by atoms with Crippen LogP contribution in [0.3, 0.4) is 0 Å². The SMILES string of the molecule is CCOc1cc(CNCCc2ccc(OC)c(OC)c2)ccc1OCC(=O)NC(C)(C)C. The summed E-state index contributed by atoms with van der Waals surface area (Å²) in [5, 5.41) is 6.33. The van der Waals surface area contributed by atoms with Crippen LogP contribution in [0.4, 0.5) is 0 Å². The zero-order valence-corrected chi connectivity index (χ0v) is 20.0. The van der Waals surface area contributed by atoms with Gasteiger partial charge < -0.3 is 29.6 Å². The molecule has 0 aliphatic rings. The molecule has 0 aromatic heterocycles. The molecule has 0 aliphatic carbocycles. The van der Waals surface area contributed by atoms with E-state index in [1.165, 1.54) is 5.56 Å². The molecule has 0 unspecified atom stereocenters. The number of amides is 1. The Morgan fingerprint density at radius 1 is 0.875 bits per heavy atom. The van der Waals surface area contributed by atoms with Gasteiger partial charge >= 0.3 is 0 Å². The third-order valence-electron chi connectivity index (χ3n) is 4.55. The van der Waals surface area contributed by atoms with Crippen LogP contribution in [0.2, 0.25) is 0 Å². The minimum absolute atomic E-state index is 0.0553. The van der Waals surface area contributed by atoms with Crippen molar-refractivity contribution in [1.29, 1.82) is 0 Å². The number of hydrogen-bond donors (Lipinski definition) is 2. The van der Waals surface area contributed by atoms with Crippen molar-refractivity contribution in [3.63, 3.8) is 0 Å². The van der Waals surface area contributed by atoms with Gasteiger partial charge in [-0.15, -0.1) is 0 Å². The number of hydrogen-bond acceptors (Lipinski definition) is 6. The average Bonchev–Trinajstić information content (AvgIpc) is 2.75. The maximum Gasteiger partial charge on any atom is 0.258 e. The van der Waals surface area contributed by atoms with E-state index in [1.54, 1.807) is 14.2 Å². The molecule has 0 saturated heterocycles. The summed E-state index contributed by atoms with van der Waals surface area (Å²) in [7, 11) is 3.27. The Morgan fingerprint density at radius 3 is 2.19 bits per heavy atom. The van der Waals surface area contributed by atoms with Gasteiger partial charge in [0.2, 0.25) is 0 Å². The van der Waals surface area contributed by atoms with Gasteiger partial charge in [-0.3, -0.25) is 4.79 Å². The van der Waals surface area contributed by atoms with Crippen LogP contribution in [0.15, 0.2) is 36.4 Å². The van der Waals surface area contributed by atoms with Crippen molar-refractivity contribution in [2.45, 2.75) is 46.2 Å². The van der Waals surface area contributed by atoms with E-state index in [9.17, 15) is 4.79 Å². The lowest BCUT2D eigenvalue weighted by molar-refractivity contribution is -0.124. The minimum Gasteiger partial charge on any atom is -0.493 e. The van der Waals surface area contributed by atoms with E-state index in [4.69, 9.17) is 18.9 Å². The second-order valence-corrected chi connectivity index (χ2v) is 8.42. The van der Waals surface area contributed by atoms with E-state index in [1.807, 2.05) is 64.1 Å². The van der Waals surface area contributed by atoms with Crippen molar-refractivity contribution < 1.29 is 23.7 Å². The molecule has 2 rings (SSSR count). The summed E-state index contributed by atoms with van der Waals surface area (Å²) >= 11 is 0. The Balaban J connectivity index is 1.89. The van der Waals surface area contributed by atoms with E-state index in [0.717, 1.165) is 30.0 Å². The molecule has 176 valence electrons. The van der Waals surface area contributed by atoms with Crippen molar-refractivity contribution in [2.24, 2.45) is 0 Å². The molecule has 0 atom stereocenters. The average molecular weight is 445 g/mol. The summed E-state index contributed by atoms with van der Waals surface area (Å²) < 4.78 is 22.1. The highest BCUT2D eigenvalue weighted by Gasteiger charge is 2.15. The lowest BCUT2D eigenvalue weighted by Crippen LogP contribution is -2.43. The molecule has 32 heavy (non-hydrogen) atoms. The Bertz CT molecular complexity index is 877. The molecule has 7 nitrogen and oxygen atoms in total.